The number of phenols is 1. The van der Waals surface area contributed by atoms with Crippen molar-refractivity contribution in [2.45, 2.75) is 241 Å². The minimum Gasteiger partial charge on any atom is -0.508 e. The van der Waals surface area contributed by atoms with E-state index in [0.29, 0.717) is 64.2 Å². The van der Waals surface area contributed by atoms with E-state index in [1.165, 1.54) is 63.1 Å². The molecule has 3 fully saturated rings. The summed E-state index contributed by atoms with van der Waals surface area (Å²) >= 11 is 0. The predicted octanol–water partition coefficient (Wildman–Crippen LogP) is -3.68. The van der Waals surface area contributed by atoms with Gasteiger partial charge in [0.15, 0.2) is 0 Å². The average Bonchev–Trinajstić information content (AvgIpc) is 1.64. The molecule has 131 heavy (non-hydrogen) atoms. The number of nitrogens with two attached hydrogens (primary N) is 4. The number of nitrogens with zero attached hydrogens (tertiary/aromatic N) is 6. The number of carbonyl (C=O) groups excluding carboxylic acids is 16. The van der Waals surface area contributed by atoms with Crippen LogP contribution in [0.15, 0.2) is 85.2 Å². The highest BCUT2D eigenvalue weighted by molar-refractivity contribution is 6.02. The maximum Gasteiger partial charge on any atom is 0.323 e. The largest absolute Gasteiger partial charge is 0.508 e. The number of aliphatic carboxylic acids is 2. The number of carbonyl (C=O) groups is 18. The van der Waals surface area contributed by atoms with Crippen LogP contribution in [0.25, 0.3) is 21.8 Å². The Labute approximate surface area is 756 Å². The number of rotatable bonds is 25. The molecule has 0 spiro atoms. The zero-order chi connectivity index (χ0) is 96.4. The summed E-state index contributed by atoms with van der Waals surface area (Å²) in [4.78, 5) is 268. The number of aromatic hydroxyl groups is 1. The van der Waals surface area contributed by atoms with Crippen molar-refractivity contribution in [1.29, 1.82) is 0 Å². The van der Waals surface area contributed by atoms with Crippen LogP contribution in [-0.2, 0) is 112 Å². The molecule has 3 aliphatic rings. The lowest BCUT2D eigenvalue weighted by atomic mass is 9.99. The standard InChI is InChI=1S/C88H125N21O22/c1-9-11-21-67-81(124)98-59(34-47(3)4)78(121)103-65(75(92)118)42-93-43-72(113)95-61(35-49-25-27-52(110)28-26-49)84(127)104(6)48(5)76(119)100-63(39-71(91)112)87(130)108-33-17-24-68(108)82(125)102-64(40-90)80(123)97-58(29-30-73(114)115)86(129)109-45-53(111)38-70(109)83(126)99-60(36-50-41-94-56-20-15-13-18-54(50)56)79(122)96-57(31-32-89)77(120)101-62(85(128)106(8)69(22-12-10-2)88(131)105(67)7)37-51-44-107(46-74(116)117)66-23-16-14-19-55(51)66/h13-16,18-20,23,25-28,41,44,47-48,53,57-65,67-70,93-94,110-111H,9-12,17,21-22,24,29-40,42-43,45-46,89-90H2,1-8H3,(H2,91,112)(H2,92,118)(H,95,113)(H,96,122)(H,97,123)(H,98,124)(H,99,126)(H,100,119)(H,101,120)(H,102,125)(H,103,121)(H,114,115)(H,116,117)/t48-,53+,57-,58-,59?,60-,61-,62-,63-,64-,65-,67-,68-,69-,70-/m0/s1. The van der Waals surface area contributed by atoms with E-state index in [1.54, 1.807) is 68.6 Å². The third-order valence-electron chi connectivity index (χ3n) is 23.7. The second-order valence-corrected chi connectivity index (χ2v) is 33.9. The third kappa shape index (κ3) is 28.2. The van der Waals surface area contributed by atoms with E-state index >= 15 is 33.6 Å². The number of hydrogen-bond donors (Lipinski definition) is 19. The molecule has 3 aliphatic heterocycles. The van der Waals surface area contributed by atoms with Gasteiger partial charge < -0.3 is 131 Å². The topological polar surface area (TPSA) is 649 Å². The zero-order valence-electron chi connectivity index (χ0n) is 74.9. The molecule has 43 heteroatoms. The van der Waals surface area contributed by atoms with Crippen molar-refractivity contribution in [3.63, 3.8) is 0 Å². The number of phenolic OH excluding ortho intramolecular Hbond substituents is 1. The van der Waals surface area contributed by atoms with Crippen molar-refractivity contribution in [3.8, 4) is 5.75 Å². The Hall–Kier alpha value is -13.2. The summed E-state index contributed by atoms with van der Waals surface area (Å²) in [6.07, 6.45) is -0.853. The van der Waals surface area contributed by atoms with Gasteiger partial charge in [-0.15, -0.1) is 0 Å². The second kappa shape index (κ2) is 48.5. The first-order chi connectivity index (χ1) is 62.2. The van der Waals surface area contributed by atoms with Crippen LogP contribution in [0.4, 0.5) is 0 Å². The van der Waals surface area contributed by atoms with Gasteiger partial charge in [0.1, 0.15) is 96.9 Å². The fourth-order valence-corrected chi connectivity index (χ4v) is 16.4. The van der Waals surface area contributed by atoms with Crippen LogP contribution in [0.2, 0.25) is 0 Å². The minimum atomic E-state index is -1.84. The van der Waals surface area contributed by atoms with Gasteiger partial charge in [0.05, 0.1) is 19.1 Å². The van der Waals surface area contributed by atoms with Gasteiger partial charge in [-0.05, 0) is 105 Å². The molecule has 3 saturated heterocycles. The number of aromatic amines is 1. The lowest BCUT2D eigenvalue weighted by Crippen LogP contribution is -2.61. The van der Waals surface area contributed by atoms with E-state index in [-0.39, 0.29) is 82.5 Å². The van der Waals surface area contributed by atoms with Crippen LogP contribution >= 0.6 is 0 Å². The van der Waals surface area contributed by atoms with Gasteiger partial charge in [0, 0.05) is 114 Å². The Bertz CT molecular complexity index is 4960. The van der Waals surface area contributed by atoms with E-state index in [2.05, 4.69) is 58.2 Å². The second-order valence-electron chi connectivity index (χ2n) is 33.9. The lowest BCUT2D eigenvalue weighted by molar-refractivity contribution is -0.149. The Morgan fingerprint density at radius 2 is 1.09 bits per heavy atom. The number of nitrogens with one attached hydrogen (secondary N) is 11. The van der Waals surface area contributed by atoms with Gasteiger partial charge in [-0.1, -0.05) is 102 Å². The van der Waals surface area contributed by atoms with Gasteiger partial charge in [-0.3, -0.25) is 86.3 Å². The Morgan fingerprint density at radius 3 is 1.73 bits per heavy atom. The summed E-state index contributed by atoms with van der Waals surface area (Å²) in [5.41, 5.74) is 26.1. The van der Waals surface area contributed by atoms with E-state index in [0.717, 1.165) is 24.5 Å². The average molecular weight is 1830 g/mol. The number of carboxylic acid groups (broad SMARTS) is 2. The molecule has 2 aromatic heterocycles. The van der Waals surface area contributed by atoms with Crippen molar-refractivity contribution in [2.24, 2.45) is 28.9 Å². The summed E-state index contributed by atoms with van der Waals surface area (Å²) < 4.78 is 1.43. The van der Waals surface area contributed by atoms with Gasteiger partial charge >= 0.3 is 11.9 Å². The molecule has 0 radical (unpaired) electrons. The molecule has 16 amide bonds. The Kier molecular flexibility index (Phi) is 38.2. The van der Waals surface area contributed by atoms with Crippen molar-refractivity contribution in [2.75, 3.05) is 60.4 Å². The first-order valence-electron chi connectivity index (χ1n) is 44.0. The molecule has 3 aromatic carbocycles. The number of likely N-dealkylation sites (N-methyl/N-ethyl adjacent to an activating group) is 3. The van der Waals surface area contributed by atoms with Gasteiger partial charge in [0.2, 0.25) is 94.5 Å². The van der Waals surface area contributed by atoms with E-state index in [9.17, 15) is 73.2 Å². The summed E-state index contributed by atoms with van der Waals surface area (Å²) in [6.45, 7) is 4.98. The number of aliphatic hydroxyl groups is 1. The van der Waals surface area contributed by atoms with Crippen molar-refractivity contribution in [1.82, 2.24) is 87.2 Å². The normalized spacial score (nSPS) is 25.2. The minimum absolute atomic E-state index is 0.0132. The van der Waals surface area contributed by atoms with Gasteiger partial charge in [-0.25, -0.2) is 0 Å². The molecular weight excluding hydrogens is 1700 g/mol. The number of unbranched alkanes of at least 4 members (excludes halogenated alkanes) is 2. The molecular formula is C88H125N21O22. The monoisotopic (exact) mass is 1830 g/mol. The number of H-pyrrole nitrogens is 1. The fourth-order valence-electron chi connectivity index (χ4n) is 16.4. The van der Waals surface area contributed by atoms with Crippen LogP contribution in [0.5, 0.6) is 5.75 Å². The summed E-state index contributed by atoms with van der Waals surface area (Å²) in [5, 5.41) is 68.9. The lowest BCUT2D eigenvalue weighted by Gasteiger charge is -2.36. The first kappa shape index (κ1) is 103. The maximum atomic E-state index is 15.9. The number of aromatic nitrogens is 2. The predicted molar refractivity (Wildman–Crippen MR) is 475 cm³/mol. The number of aliphatic hydroxyl groups excluding tert-OH is 1. The molecule has 1 unspecified atom stereocenters. The zero-order valence-corrected chi connectivity index (χ0v) is 74.9. The molecule has 0 aliphatic carbocycles. The molecule has 0 saturated carbocycles. The molecule has 43 nitrogen and oxygen atoms in total. The van der Waals surface area contributed by atoms with Crippen LogP contribution in [0.1, 0.15) is 141 Å². The molecule has 5 heterocycles. The number of benzene rings is 3. The Morgan fingerprint density at radius 1 is 0.534 bits per heavy atom. The summed E-state index contributed by atoms with van der Waals surface area (Å²) in [5.74, 6) is -18.9. The summed E-state index contributed by atoms with van der Waals surface area (Å²) in [7, 11) is 3.88. The number of primary amides is 2. The smallest absolute Gasteiger partial charge is 0.323 e. The SMILES string of the molecule is CCCC[C@H]1C(=O)N(C)[C@@H](CCCC)C(=O)NC(CC(C)C)C(=O)N[C@H](C(N)=O)CNCC(=O)N[C@@H](Cc2ccc(O)cc2)C(=O)N(C)[C@@H](C)C(=O)N[C@@H](CC(N)=O)C(=O)N2CCC[C@H]2C(=O)N[C@@H](CN)C(=O)N[C@@H](CCC(=O)O)C(=O)N2C[C@H](O)C[C@H]2C(=O)N[C@@H](Cc2c[nH]c3ccccc23)C(=O)N[C@@H](CCN)C(=O)N[C@@H](Cc2cn(CC(=O)O)c3ccccc23)C(=O)N1C. The van der Waals surface area contributed by atoms with Crippen LogP contribution in [0.3, 0.4) is 0 Å². The molecule has 15 atom stereocenters. The van der Waals surface area contributed by atoms with Crippen LogP contribution in [-0.4, -0.2) is 312 Å². The van der Waals surface area contributed by atoms with Crippen molar-refractivity contribution < 1.29 is 107 Å². The van der Waals surface area contributed by atoms with Crippen molar-refractivity contribution >= 4 is 128 Å². The molecule has 714 valence electrons. The third-order valence-corrected chi connectivity index (χ3v) is 23.7. The first-order valence-corrected chi connectivity index (χ1v) is 44.0. The highest BCUT2D eigenvalue weighted by atomic mass is 16.4. The van der Waals surface area contributed by atoms with Crippen molar-refractivity contribution in [3.05, 3.63) is 102 Å². The van der Waals surface area contributed by atoms with E-state index in [4.69, 9.17) is 22.9 Å². The van der Waals surface area contributed by atoms with E-state index in [1.807, 2.05) is 13.8 Å². The number of fused-ring (bicyclic) bond motifs is 4. The van der Waals surface area contributed by atoms with Gasteiger partial charge in [0.25, 0.3) is 0 Å². The quantitative estimate of drug-likeness (QED) is 0.0268. The highest BCUT2D eigenvalue weighted by Gasteiger charge is 2.47. The van der Waals surface area contributed by atoms with E-state index < -0.39 is 256 Å². The molecule has 0 bridgehead atoms. The molecule has 23 N–H and O–H groups in total. The number of amides is 16. The Balaban J connectivity index is 1.19. The molecule has 8 rings (SSSR count). The van der Waals surface area contributed by atoms with Crippen LogP contribution < -0.4 is 76.1 Å². The highest BCUT2D eigenvalue weighted by Crippen LogP contribution is 2.29. The van der Waals surface area contributed by atoms with Crippen LogP contribution in [0, 0.1) is 5.92 Å². The molecule has 5 aromatic rings. The summed E-state index contributed by atoms with van der Waals surface area (Å²) in [6, 6.07) is -3.16. The maximum absolute atomic E-state index is 15.9. The number of carboxylic acids is 2. The van der Waals surface area contributed by atoms with Gasteiger partial charge in [-0.2, -0.15) is 0 Å². The number of para-hydroxylation sites is 2. The number of hydrogen-bond acceptors (Lipinski definition) is 23. The fraction of sp³-hybridized carbons (Fsp3) is 0.545.